The molecule has 1 aromatic heterocycles. The van der Waals surface area contributed by atoms with E-state index in [1.165, 1.54) is 16.2 Å². The number of carbonyl (C=O) groups is 1. The first-order valence-corrected chi connectivity index (χ1v) is 5.06. The van der Waals surface area contributed by atoms with Crippen molar-refractivity contribution in [3.05, 3.63) is 16.1 Å². The highest BCUT2D eigenvalue weighted by Crippen LogP contribution is 2.13. The van der Waals surface area contributed by atoms with E-state index in [0.717, 1.165) is 0 Å². The predicted molar refractivity (Wildman–Crippen MR) is 57.2 cm³/mol. The zero-order valence-electron chi connectivity index (χ0n) is 8.47. The summed E-state index contributed by atoms with van der Waals surface area (Å²) in [5, 5.41) is 11.2. The number of nitrogens with zero attached hydrogens (tertiary/aromatic N) is 3. The summed E-state index contributed by atoms with van der Waals surface area (Å²) in [6.07, 6.45) is 0. The Morgan fingerprint density at radius 3 is 2.93 bits per heavy atom. The fourth-order valence-electron chi connectivity index (χ4n) is 1.03. The highest BCUT2D eigenvalue weighted by Gasteiger charge is 2.16. The van der Waals surface area contributed by atoms with Gasteiger partial charge < -0.3 is 15.8 Å². The number of thiazole rings is 1. The highest BCUT2D eigenvalue weighted by atomic mass is 32.1. The van der Waals surface area contributed by atoms with E-state index in [1.54, 1.807) is 19.5 Å². The second kappa shape index (κ2) is 4.74. The second-order valence-corrected chi connectivity index (χ2v) is 3.87. The first kappa shape index (κ1) is 11.4. The Bertz CT molecular complexity index is 388. The van der Waals surface area contributed by atoms with Crippen molar-refractivity contribution < 1.29 is 10.0 Å². The lowest BCUT2D eigenvalue weighted by Gasteiger charge is -2.14. The molecule has 15 heavy (non-hydrogen) atoms. The van der Waals surface area contributed by atoms with Crippen LogP contribution in [-0.4, -0.2) is 40.4 Å². The molecule has 0 aliphatic carbocycles. The third-order valence-electron chi connectivity index (χ3n) is 1.81. The number of hydrogen-bond donors (Lipinski definition) is 2. The van der Waals surface area contributed by atoms with Gasteiger partial charge in [0.05, 0.1) is 17.7 Å². The molecule has 0 saturated heterocycles. The lowest BCUT2D eigenvalue weighted by atomic mass is 10.3. The zero-order valence-corrected chi connectivity index (χ0v) is 9.28. The smallest absolute Gasteiger partial charge is 0.265 e. The van der Waals surface area contributed by atoms with Crippen molar-refractivity contribution in [2.75, 3.05) is 13.6 Å². The van der Waals surface area contributed by atoms with Crippen LogP contribution in [0.5, 0.6) is 0 Å². The molecule has 0 saturated carbocycles. The molecule has 0 bridgehead atoms. The van der Waals surface area contributed by atoms with Gasteiger partial charge in [-0.2, -0.15) is 0 Å². The van der Waals surface area contributed by atoms with E-state index in [-0.39, 0.29) is 18.3 Å². The average molecular weight is 228 g/mol. The summed E-state index contributed by atoms with van der Waals surface area (Å²) in [4.78, 5) is 17.7. The van der Waals surface area contributed by atoms with Crippen LogP contribution in [0.1, 0.15) is 15.4 Å². The van der Waals surface area contributed by atoms with E-state index in [2.05, 4.69) is 10.1 Å². The van der Waals surface area contributed by atoms with Gasteiger partial charge in [-0.25, -0.2) is 4.98 Å². The molecule has 0 aliphatic heterocycles. The SMILES string of the molecule is Cc1ncsc1C(=O)N(C)CC(N)=NO. The molecule has 1 heterocycles. The average Bonchev–Trinajstić information content (AvgIpc) is 2.63. The van der Waals surface area contributed by atoms with Gasteiger partial charge in [-0.05, 0) is 6.92 Å². The van der Waals surface area contributed by atoms with E-state index in [9.17, 15) is 4.79 Å². The number of likely N-dealkylation sites (N-methyl/N-ethyl adjacent to an activating group) is 1. The van der Waals surface area contributed by atoms with Crippen molar-refractivity contribution in [3.8, 4) is 0 Å². The van der Waals surface area contributed by atoms with Gasteiger partial charge in [0.15, 0.2) is 5.84 Å². The third kappa shape index (κ3) is 2.66. The standard InChI is InChI=1S/C8H12N4O2S/c1-5-7(15-4-10-5)8(13)12(2)3-6(9)11-14/h4,14H,3H2,1-2H3,(H2,9,11). The van der Waals surface area contributed by atoms with Crippen molar-refractivity contribution in [2.45, 2.75) is 6.92 Å². The van der Waals surface area contributed by atoms with E-state index in [1.807, 2.05) is 0 Å². The number of carbonyl (C=O) groups excluding carboxylic acids is 1. The van der Waals surface area contributed by atoms with Crippen LogP contribution in [0.25, 0.3) is 0 Å². The van der Waals surface area contributed by atoms with E-state index < -0.39 is 0 Å². The van der Waals surface area contributed by atoms with Crippen LogP contribution >= 0.6 is 11.3 Å². The van der Waals surface area contributed by atoms with Crippen LogP contribution in [0.15, 0.2) is 10.7 Å². The van der Waals surface area contributed by atoms with Crippen LogP contribution in [0.4, 0.5) is 0 Å². The molecular weight excluding hydrogens is 216 g/mol. The molecule has 7 heteroatoms. The number of rotatable bonds is 3. The third-order valence-corrected chi connectivity index (χ3v) is 2.73. The molecule has 0 aliphatic rings. The Hall–Kier alpha value is -1.63. The molecule has 0 fully saturated rings. The van der Waals surface area contributed by atoms with Crippen molar-refractivity contribution in [1.82, 2.24) is 9.88 Å². The summed E-state index contributed by atoms with van der Waals surface area (Å²) in [6.45, 7) is 1.85. The molecule has 1 rings (SSSR count). The molecule has 0 radical (unpaired) electrons. The minimum Gasteiger partial charge on any atom is -0.409 e. The summed E-state index contributed by atoms with van der Waals surface area (Å²) < 4.78 is 0. The van der Waals surface area contributed by atoms with Crippen LogP contribution < -0.4 is 5.73 Å². The van der Waals surface area contributed by atoms with Crippen molar-refractivity contribution in [3.63, 3.8) is 0 Å². The molecule has 0 unspecified atom stereocenters. The van der Waals surface area contributed by atoms with Crippen molar-refractivity contribution in [1.29, 1.82) is 0 Å². The van der Waals surface area contributed by atoms with Gasteiger partial charge in [-0.3, -0.25) is 4.79 Å². The van der Waals surface area contributed by atoms with E-state index in [4.69, 9.17) is 10.9 Å². The molecule has 0 spiro atoms. The Balaban J connectivity index is 2.74. The van der Waals surface area contributed by atoms with Gasteiger partial charge in [-0.15, -0.1) is 11.3 Å². The number of amidine groups is 1. The maximum atomic E-state index is 11.8. The first-order valence-electron chi connectivity index (χ1n) is 4.18. The number of aryl methyl sites for hydroxylation is 1. The number of nitrogens with two attached hydrogens (primary N) is 1. The second-order valence-electron chi connectivity index (χ2n) is 3.02. The molecule has 3 N–H and O–H groups in total. The number of aromatic nitrogens is 1. The van der Waals surface area contributed by atoms with Gasteiger partial charge in [-0.1, -0.05) is 5.16 Å². The molecule has 82 valence electrons. The summed E-state index contributed by atoms with van der Waals surface area (Å²) in [6, 6.07) is 0. The van der Waals surface area contributed by atoms with Crippen LogP contribution in [-0.2, 0) is 0 Å². The number of oxime groups is 1. The lowest BCUT2D eigenvalue weighted by molar-refractivity contribution is 0.0817. The quantitative estimate of drug-likeness (QED) is 0.336. The maximum Gasteiger partial charge on any atom is 0.265 e. The molecule has 6 nitrogen and oxygen atoms in total. The molecular formula is C8H12N4O2S. The first-order chi connectivity index (χ1) is 7.06. The molecule has 0 aromatic carbocycles. The minimum absolute atomic E-state index is 0.00646. The largest absolute Gasteiger partial charge is 0.409 e. The van der Waals surface area contributed by atoms with E-state index >= 15 is 0 Å². The monoisotopic (exact) mass is 228 g/mol. The van der Waals surface area contributed by atoms with E-state index in [0.29, 0.717) is 10.6 Å². The Morgan fingerprint density at radius 1 is 1.80 bits per heavy atom. The summed E-state index contributed by atoms with van der Waals surface area (Å²) in [7, 11) is 1.58. The van der Waals surface area contributed by atoms with Crippen molar-refractivity contribution >= 4 is 23.1 Å². The van der Waals surface area contributed by atoms with Gasteiger partial charge in [0, 0.05) is 7.05 Å². The highest BCUT2D eigenvalue weighted by molar-refractivity contribution is 7.11. The molecule has 0 atom stereocenters. The Labute approximate surface area is 91.0 Å². The lowest BCUT2D eigenvalue weighted by Crippen LogP contribution is -2.35. The zero-order chi connectivity index (χ0) is 11.4. The molecule has 1 amide bonds. The number of hydrogen-bond acceptors (Lipinski definition) is 5. The summed E-state index contributed by atoms with van der Waals surface area (Å²) in [5.41, 5.74) is 7.60. The van der Waals surface area contributed by atoms with Crippen LogP contribution in [0.2, 0.25) is 0 Å². The fourth-order valence-corrected chi connectivity index (χ4v) is 1.82. The number of amides is 1. The van der Waals surface area contributed by atoms with Gasteiger partial charge in [0.2, 0.25) is 0 Å². The predicted octanol–water partition coefficient (Wildman–Crippen LogP) is 0.270. The maximum absolute atomic E-state index is 11.8. The van der Waals surface area contributed by atoms with Gasteiger partial charge in [0.1, 0.15) is 4.88 Å². The van der Waals surface area contributed by atoms with Crippen LogP contribution in [0, 0.1) is 6.92 Å². The normalized spacial score (nSPS) is 11.5. The van der Waals surface area contributed by atoms with Gasteiger partial charge >= 0.3 is 0 Å². The van der Waals surface area contributed by atoms with Crippen LogP contribution in [0.3, 0.4) is 0 Å². The molecule has 1 aromatic rings. The Morgan fingerprint density at radius 2 is 2.47 bits per heavy atom. The Kier molecular flexibility index (Phi) is 3.62. The minimum atomic E-state index is -0.179. The van der Waals surface area contributed by atoms with Gasteiger partial charge in [0.25, 0.3) is 5.91 Å². The fraction of sp³-hybridized carbons (Fsp3) is 0.375. The summed E-state index contributed by atoms with van der Waals surface area (Å²) in [5.74, 6) is -0.186. The van der Waals surface area contributed by atoms with Crippen molar-refractivity contribution in [2.24, 2.45) is 10.9 Å². The topological polar surface area (TPSA) is 91.8 Å². The summed E-state index contributed by atoms with van der Waals surface area (Å²) >= 11 is 1.28.